The van der Waals surface area contributed by atoms with Crippen LogP contribution in [0.25, 0.3) is 0 Å². The highest BCUT2D eigenvalue weighted by atomic mass is 28.4. The largest absolute Gasteiger partial charge is 0.495 e. The van der Waals surface area contributed by atoms with E-state index < -0.39 is 8.32 Å². The van der Waals surface area contributed by atoms with E-state index in [1.165, 1.54) is 12.3 Å². The van der Waals surface area contributed by atoms with Crippen LogP contribution in [-0.4, -0.2) is 26.3 Å². The smallest absolute Gasteiger partial charge is 0.192 e. The summed E-state index contributed by atoms with van der Waals surface area (Å²) in [5, 5.41) is 0.176. The Morgan fingerprint density at radius 3 is 2.53 bits per heavy atom. The van der Waals surface area contributed by atoms with Gasteiger partial charge in [0.15, 0.2) is 14.1 Å². The summed E-state index contributed by atoms with van der Waals surface area (Å²) < 4.78 is 11.7. The maximum absolute atomic E-state index is 11.3. The molecule has 98 valence electrons. The Balaban J connectivity index is 2.63. The highest BCUT2D eigenvalue weighted by Crippen LogP contribution is 2.38. The number of rotatable bonds is 3. The van der Waals surface area contributed by atoms with Gasteiger partial charge in [-0.3, -0.25) is 4.79 Å². The molecule has 0 saturated heterocycles. The summed E-state index contributed by atoms with van der Waals surface area (Å²) in [5.74, 6) is 0.118. The maximum Gasteiger partial charge on any atom is 0.192 e. The van der Waals surface area contributed by atoms with E-state index in [0.717, 1.165) is 0 Å². The van der Waals surface area contributed by atoms with Gasteiger partial charge in [0.25, 0.3) is 0 Å². The van der Waals surface area contributed by atoms with Crippen LogP contribution >= 0.6 is 0 Å². The molecule has 1 aliphatic heterocycles. The third-order valence-electron chi connectivity index (χ3n) is 3.72. The zero-order valence-electron chi connectivity index (χ0n) is 11.7. The average molecular weight is 256 g/mol. The summed E-state index contributed by atoms with van der Waals surface area (Å²) in [5.41, 5.74) is 0. The molecule has 1 heterocycles. The molecule has 3 nitrogen and oxygen atoms in total. The number of allylic oxidation sites excluding steroid dienone is 1. The lowest BCUT2D eigenvalue weighted by Crippen LogP contribution is -2.47. The fraction of sp³-hybridized carbons (Fsp3) is 0.769. The maximum atomic E-state index is 11.3. The molecule has 0 aliphatic carbocycles. The summed E-state index contributed by atoms with van der Waals surface area (Å²) in [6.45, 7) is 13.0. The molecule has 0 saturated carbocycles. The summed E-state index contributed by atoms with van der Waals surface area (Å²) in [6, 6.07) is 0. The molecule has 1 rings (SSSR count). The molecule has 0 amide bonds. The lowest BCUT2D eigenvalue weighted by molar-refractivity contribution is -0.120. The van der Waals surface area contributed by atoms with E-state index in [2.05, 4.69) is 33.9 Å². The van der Waals surface area contributed by atoms with Crippen molar-refractivity contribution in [3.05, 3.63) is 12.3 Å². The summed E-state index contributed by atoms with van der Waals surface area (Å²) in [6.07, 6.45) is 3.22. The first-order valence-electron chi connectivity index (χ1n) is 6.16. The minimum Gasteiger partial charge on any atom is -0.495 e. The molecule has 0 aromatic carbocycles. The van der Waals surface area contributed by atoms with E-state index in [4.69, 9.17) is 9.16 Å². The van der Waals surface area contributed by atoms with Gasteiger partial charge in [0.1, 0.15) is 6.10 Å². The Hall–Kier alpha value is -0.613. The quantitative estimate of drug-likeness (QED) is 0.727. The Kier molecular flexibility index (Phi) is 4.20. The van der Waals surface area contributed by atoms with Crippen molar-refractivity contribution in [3.8, 4) is 0 Å². The van der Waals surface area contributed by atoms with E-state index in [9.17, 15) is 4.79 Å². The highest BCUT2D eigenvalue weighted by Gasteiger charge is 2.40. The van der Waals surface area contributed by atoms with Gasteiger partial charge in [-0.25, -0.2) is 0 Å². The highest BCUT2D eigenvalue weighted by molar-refractivity contribution is 6.74. The first kappa shape index (κ1) is 14.4. The molecule has 0 aromatic heterocycles. The van der Waals surface area contributed by atoms with Crippen LogP contribution in [0.3, 0.4) is 0 Å². The van der Waals surface area contributed by atoms with Crippen LogP contribution < -0.4 is 0 Å². The Morgan fingerprint density at radius 2 is 2.06 bits per heavy atom. The second-order valence-corrected chi connectivity index (χ2v) is 11.0. The van der Waals surface area contributed by atoms with E-state index >= 15 is 0 Å². The molecule has 0 fully saturated rings. The summed E-state index contributed by atoms with van der Waals surface area (Å²) in [7, 11) is -1.79. The predicted octanol–water partition coefficient (Wildman–Crippen LogP) is 3.27. The van der Waals surface area contributed by atoms with Gasteiger partial charge in [0.05, 0.1) is 12.4 Å². The molecule has 0 spiro atoms. The average Bonchev–Trinajstić information content (AvgIpc) is 2.15. The molecular weight excluding hydrogens is 232 g/mol. The minimum absolute atomic E-state index is 0.0372. The van der Waals surface area contributed by atoms with E-state index in [1.54, 1.807) is 0 Å². The number of carbonyl (C=O) groups is 1. The second kappa shape index (κ2) is 4.94. The third kappa shape index (κ3) is 3.68. The van der Waals surface area contributed by atoms with Crippen LogP contribution in [0, 0.1) is 0 Å². The van der Waals surface area contributed by atoms with Crippen molar-refractivity contribution < 1.29 is 14.0 Å². The first-order valence-corrected chi connectivity index (χ1v) is 9.07. The van der Waals surface area contributed by atoms with Gasteiger partial charge in [0, 0.05) is 12.5 Å². The van der Waals surface area contributed by atoms with Crippen LogP contribution in [0.2, 0.25) is 18.1 Å². The van der Waals surface area contributed by atoms with Gasteiger partial charge < -0.3 is 9.16 Å². The van der Waals surface area contributed by atoms with Gasteiger partial charge in [0.2, 0.25) is 0 Å². The van der Waals surface area contributed by atoms with Crippen molar-refractivity contribution in [3.63, 3.8) is 0 Å². The number of carbonyl (C=O) groups excluding carboxylic acids is 1. The predicted molar refractivity (Wildman–Crippen MR) is 71.4 cm³/mol. The topological polar surface area (TPSA) is 35.5 Å². The molecule has 0 unspecified atom stereocenters. The number of ketones is 1. The molecule has 0 bridgehead atoms. The SMILES string of the molecule is C[C@@H](O[Si](C)(C)C(C)(C)C)[C@H]1CC(=O)C=CO1. The van der Waals surface area contributed by atoms with Gasteiger partial charge in [-0.2, -0.15) is 0 Å². The monoisotopic (exact) mass is 256 g/mol. The molecular formula is C13H24O3Si. The van der Waals surface area contributed by atoms with Gasteiger partial charge in [-0.05, 0) is 25.1 Å². The Bertz CT molecular complexity index is 315. The lowest BCUT2D eigenvalue weighted by Gasteiger charge is -2.40. The van der Waals surface area contributed by atoms with Crippen molar-refractivity contribution in [2.75, 3.05) is 0 Å². The molecule has 0 N–H and O–H groups in total. The Labute approximate surface area is 105 Å². The Morgan fingerprint density at radius 1 is 1.47 bits per heavy atom. The van der Waals surface area contributed by atoms with E-state index in [0.29, 0.717) is 6.42 Å². The van der Waals surface area contributed by atoms with Crippen molar-refractivity contribution in [2.45, 2.75) is 64.5 Å². The van der Waals surface area contributed by atoms with Crippen molar-refractivity contribution in [1.82, 2.24) is 0 Å². The molecule has 2 atom stereocenters. The van der Waals surface area contributed by atoms with E-state index in [1.807, 2.05) is 6.92 Å². The van der Waals surface area contributed by atoms with Crippen molar-refractivity contribution in [2.24, 2.45) is 0 Å². The number of ether oxygens (including phenoxy) is 1. The van der Waals surface area contributed by atoms with Crippen molar-refractivity contribution in [1.29, 1.82) is 0 Å². The van der Waals surface area contributed by atoms with Crippen LogP contribution in [0.1, 0.15) is 34.1 Å². The number of hydrogen-bond acceptors (Lipinski definition) is 3. The normalized spacial score (nSPS) is 23.4. The van der Waals surface area contributed by atoms with Crippen LogP contribution in [-0.2, 0) is 14.0 Å². The molecule has 1 aliphatic rings. The second-order valence-electron chi connectivity index (χ2n) is 6.23. The van der Waals surface area contributed by atoms with Crippen molar-refractivity contribution >= 4 is 14.1 Å². The standard InChI is InChI=1S/C13H24O3Si/c1-10(12-9-11(14)7-8-15-12)16-17(5,6)13(2,3)4/h7-8,10,12H,9H2,1-6H3/t10-,12-/m1/s1. The molecule has 0 radical (unpaired) electrons. The number of hydrogen-bond donors (Lipinski definition) is 0. The minimum atomic E-state index is -1.79. The van der Waals surface area contributed by atoms with Crippen LogP contribution in [0.5, 0.6) is 0 Å². The third-order valence-corrected chi connectivity index (χ3v) is 8.29. The fourth-order valence-electron chi connectivity index (χ4n) is 1.52. The zero-order chi connectivity index (χ0) is 13.3. The molecule has 4 heteroatoms. The van der Waals surface area contributed by atoms with E-state index in [-0.39, 0.29) is 23.0 Å². The summed E-state index contributed by atoms with van der Waals surface area (Å²) >= 11 is 0. The lowest BCUT2D eigenvalue weighted by atomic mass is 10.1. The zero-order valence-corrected chi connectivity index (χ0v) is 12.7. The fourth-order valence-corrected chi connectivity index (χ4v) is 2.96. The van der Waals surface area contributed by atoms with Gasteiger partial charge in [-0.1, -0.05) is 20.8 Å². The molecule has 0 aromatic rings. The summed E-state index contributed by atoms with van der Waals surface area (Å²) in [4.78, 5) is 11.3. The van der Waals surface area contributed by atoms with Gasteiger partial charge in [-0.15, -0.1) is 0 Å². The first-order chi connectivity index (χ1) is 7.63. The van der Waals surface area contributed by atoms with Gasteiger partial charge >= 0.3 is 0 Å². The van der Waals surface area contributed by atoms with Crippen LogP contribution in [0.15, 0.2) is 12.3 Å². The molecule has 17 heavy (non-hydrogen) atoms. The van der Waals surface area contributed by atoms with Crippen LogP contribution in [0.4, 0.5) is 0 Å².